The number of halogens is 1. The van der Waals surface area contributed by atoms with E-state index < -0.39 is 5.92 Å². The minimum Gasteiger partial charge on any atom is -0.493 e. The number of nitrogens with one attached hydrogen (secondary N) is 1. The first-order chi connectivity index (χ1) is 14.1. The van der Waals surface area contributed by atoms with E-state index in [-0.39, 0.29) is 11.5 Å². The fourth-order valence-corrected chi connectivity index (χ4v) is 3.94. The van der Waals surface area contributed by atoms with E-state index >= 15 is 0 Å². The van der Waals surface area contributed by atoms with Gasteiger partial charge in [0.05, 0.1) is 31.4 Å². The van der Waals surface area contributed by atoms with E-state index in [0.717, 1.165) is 15.6 Å². The van der Waals surface area contributed by atoms with E-state index in [2.05, 4.69) is 37.2 Å². The summed E-state index contributed by atoms with van der Waals surface area (Å²) >= 11 is 3.59. The predicted octanol–water partition coefficient (Wildman–Crippen LogP) is 3.47. The number of hydrogen-bond donors (Lipinski definition) is 2. The molecule has 0 amide bonds. The first-order valence-electron chi connectivity index (χ1n) is 8.56. The molecule has 3 aromatic rings. The van der Waals surface area contributed by atoms with Crippen LogP contribution in [0.4, 0.5) is 0 Å². The number of nitrogens with zero attached hydrogens (tertiary/aromatic N) is 3. The Kier molecular flexibility index (Phi) is 4.86. The molecule has 0 radical (unpaired) electrons. The standard InChI is InChI=1S/C20H16BrN5O3/c1-27-14-7-11(13(21)8-15(14)28-2)16-12(9-22)19(23)29-20-17(16)18(25-26-20)10-3-5-24-6-4-10/h3-8,16H,23H2,1-2H3,(H,25,26). The Morgan fingerprint density at radius 1 is 1.21 bits per heavy atom. The molecule has 146 valence electrons. The van der Waals surface area contributed by atoms with Gasteiger partial charge >= 0.3 is 0 Å². The molecule has 2 aromatic heterocycles. The molecule has 4 rings (SSSR count). The Balaban J connectivity index is 1.99. The van der Waals surface area contributed by atoms with Crippen molar-refractivity contribution in [3.63, 3.8) is 0 Å². The van der Waals surface area contributed by atoms with Crippen LogP contribution in [0.2, 0.25) is 0 Å². The van der Waals surface area contributed by atoms with Gasteiger partial charge in [0.15, 0.2) is 11.5 Å². The van der Waals surface area contributed by atoms with Crippen molar-refractivity contribution in [3.05, 3.63) is 63.7 Å². The van der Waals surface area contributed by atoms with Crippen LogP contribution in [0, 0.1) is 11.3 Å². The zero-order valence-electron chi connectivity index (χ0n) is 15.6. The first-order valence-corrected chi connectivity index (χ1v) is 9.36. The SMILES string of the molecule is COc1cc(Br)c(C2C(C#N)=C(N)Oc3n[nH]c(-c4ccncc4)c32)cc1OC. The minimum atomic E-state index is -0.528. The summed E-state index contributed by atoms with van der Waals surface area (Å²) in [5.74, 6) is 0.898. The number of aromatic amines is 1. The summed E-state index contributed by atoms with van der Waals surface area (Å²) in [4.78, 5) is 4.06. The van der Waals surface area contributed by atoms with Gasteiger partial charge in [0.25, 0.3) is 0 Å². The number of aromatic nitrogens is 3. The topological polar surface area (TPSA) is 119 Å². The molecule has 0 aliphatic carbocycles. The van der Waals surface area contributed by atoms with Crippen molar-refractivity contribution in [2.45, 2.75) is 5.92 Å². The number of rotatable bonds is 4. The summed E-state index contributed by atoms with van der Waals surface area (Å²) in [6.07, 6.45) is 3.37. The number of nitrogens with two attached hydrogens (primary N) is 1. The van der Waals surface area contributed by atoms with Gasteiger partial charge in [-0.2, -0.15) is 5.26 Å². The lowest BCUT2D eigenvalue weighted by Gasteiger charge is -2.25. The van der Waals surface area contributed by atoms with Gasteiger partial charge in [0.2, 0.25) is 11.8 Å². The quantitative estimate of drug-likeness (QED) is 0.620. The molecule has 1 aliphatic heterocycles. The van der Waals surface area contributed by atoms with Gasteiger partial charge in [-0.15, -0.1) is 5.10 Å². The van der Waals surface area contributed by atoms with Crippen LogP contribution < -0.4 is 19.9 Å². The Morgan fingerprint density at radius 3 is 2.55 bits per heavy atom. The number of methoxy groups -OCH3 is 2. The van der Waals surface area contributed by atoms with Crippen molar-refractivity contribution in [1.29, 1.82) is 5.26 Å². The van der Waals surface area contributed by atoms with E-state index in [1.54, 1.807) is 32.7 Å². The van der Waals surface area contributed by atoms with E-state index in [1.165, 1.54) is 0 Å². The molecule has 9 heteroatoms. The molecule has 1 aliphatic rings. The average molecular weight is 454 g/mol. The smallest absolute Gasteiger partial charge is 0.244 e. The number of fused-ring (bicyclic) bond motifs is 1. The molecule has 3 N–H and O–H groups in total. The molecule has 8 nitrogen and oxygen atoms in total. The maximum Gasteiger partial charge on any atom is 0.244 e. The molecule has 0 bridgehead atoms. The normalized spacial score (nSPS) is 15.3. The Morgan fingerprint density at radius 2 is 1.90 bits per heavy atom. The second kappa shape index (κ2) is 7.48. The largest absolute Gasteiger partial charge is 0.493 e. The average Bonchev–Trinajstić information content (AvgIpc) is 3.16. The van der Waals surface area contributed by atoms with Gasteiger partial charge in [0.1, 0.15) is 11.6 Å². The van der Waals surface area contributed by atoms with E-state index in [1.807, 2.05) is 18.2 Å². The number of pyridine rings is 1. The number of nitriles is 1. The number of allylic oxidation sites excluding steroid dienone is 1. The highest BCUT2D eigenvalue weighted by Crippen LogP contribution is 2.49. The van der Waals surface area contributed by atoms with Crippen molar-refractivity contribution in [2.24, 2.45) is 5.73 Å². The monoisotopic (exact) mass is 453 g/mol. The lowest BCUT2D eigenvalue weighted by atomic mass is 9.83. The fraction of sp³-hybridized carbons (Fsp3) is 0.150. The summed E-state index contributed by atoms with van der Waals surface area (Å²) < 4.78 is 17.2. The fourth-order valence-electron chi connectivity index (χ4n) is 3.39. The molecular weight excluding hydrogens is 438 g/mol. The maximum absolute atomic E-state index is 9.86. The number of ether oxygens (including phenoxy) is 3. The molecule has 3 heterocycles. The van der Waals surface area contributed by atoms with Crippen molar-refractivity contribution in [1.82, 2.24) is 15.2 Å². The first kappa shape index (κ1) is 18.8. The van der Waals surface area contributed by atoms with Crippen molar-refractivity contribution in [2.75, 3.05) is 14.2 Å². The van der Waals surface area contributed by atoms with Gasteiger partial charge in [-0.1, -0.05) is 15.9 Å². The van der Waals surface area contributed by atoms with Gasteiger partial charge in [-0.3, -0.25) is 10.1 Å². The highest BCUT2D eigenvalue weighted by atomic mass is 79.9. The van der Waals surface area contributed by atoms with Crippen molar-refractivity contribution >= 4 is 15.9 Å². The third-order valence-electron chi connectivity index (χ3n) is 4.72. The molecule has 0 spiro atoms. The lowest BCUT2D eigenvalue weighted by molar-refractivity contribution is 0.353. The zero-order valence-corrected chi connectivity index (χ0v) is 17.1. The zero-order chi connectivity index (χ0) is 20.5. The van der Waals surface area contributed by atoms with E-state index in [0.29, 0.717) is 28.6 Å². The molecule has 1 atom stereocenters. The van der Waals surface area contributed by atoms with Crippen LogP contribution in [0.15, 0.2) is 52.6 Å². The van der Waals surface area contributed by atoms with Crippen molar-refractivity contribution in [3.8, 4) is 34.7 Å². The summed E-state index contributed by atoms with van der Waals surface area (Å²) in [6.45, 7) is 0. The van der Waals surface area contributed by atoms with Gasteiger partial charge < -0.3 is 19.9 Å². The van der Waals surface area contributed by atoms with Crippen molar-refractivity contribution < 1.29 is 14.2 Å². The second-order valence-electron chi connectivity index (χ2n) is 6.21. The maximum atomic E-state index is 9.86. The van der Waals surface area contributed by atoms with Crippen LogP contribution in [0.3, 0.4) is 0 Å². The Hall–Kier alpha value is -3.51. The molecule has 29 heavy (non-hydrogen) atoms. The third-order valence-corrected chi connectivity index (χ3v) is 5.41. The van der Waals surface area contributed by atoms with Gasteiger partial charge in [-0.05, 0) is 29.8 Å². The van der Waals surface area contributed by atoms with E-state index in [4.69, 9.17) is 19.9 Å². The molecule has 1 aromatic carbocycles. The van der Waals surface area contributed by atoms with Crippen LogP contribution >= 0.6 is 15.9 Å². The third kappa shape index (κ3) is 3.07. The Bertz CT molecular complexity index is 1150. The number of hydrogen-bond acceptors (Lipinski definition) is 7. The number of benzene rings is 1. The highest BCUT2D eigenvalue weighted by molar-refractivity contribution is 9.10. The predicted molar refractivity (Wildman–Crippen MR) is 108 cm³/mol. The van der Waals surface area contributed by atoms with Crippen LogP contribution in [0.1, 0.15) is 17.0 Å². The summed E-state index contributed by atoms with van der Waals surface area (Å²) in [7, 11) is 3.12. The molecular formula is C20H16BrN5O3. The van der Waals surface area contributed by atoms with Crippen LogP contribution in [0.25, 0.3) is 11.3 Å². The molecule has 1 unspecified atom stereocenters. The van der Waals surface area contributed by atoms with Crippen LogP contribution in [-0.4, -0.2) is 29.4 Å². The minimum absolute atomic E-state index is 0.0134. The lowest BCUT2D eigenvalue weighted by Crippen LogP contribution is -2.21. The second-order valence-corrected chi connectivity index (χ2v) is 7.06. The van der Waals surface area contributed by atoms with E-state index in [9.17, 15) is 5.26 Å². The molecule has 0 saturated carbocycles. The number of H-pyrrole nitrogens is 1. The summed E-state index contributed by atoms with van der Waals surface area (Å²) in [5, 5.41) is 17.1. The molecule has 0 fully saturated rings. The summed E-state index contributed by atoms with van der Waals surface area (Å²) in [6, 6.07) is 9.49. The van der Waals surface area contributed by atoms with Gasteiger partial charge in [-0.25, -0.2) is 0 Å². The van der Waals surface area contributed by atoms with Gasteiger partial charge in [0, 0.05) is 22.4 Å². The van der Waals surface area contributed by atoms with Crippen LogP contribution in [-0.2, 0) is 0 Å². The Labute approximate surface area is 175 Å². The highest BCUT2D eigenvalue weighted by Gasteiger charge is 2.37. The van der Waals surface area contributed by atoms with Crippen LogP contribution in [0.5, 0.6) is 17.4 Å². The molecule has 0 saturated heterocycles. The summed E-state index contributed by atoms with van der Waals surface area (Å²) in [5.41, 5.74) is 9.38.